The van der Waals surface area contributed by atoms with Crippen LogP contribution in [0.25, 0.3) is 54.7 Å². The van der Waals surface area contributed by atoms with Crippen molar-refractivity contribution in [3.05, 3.63) is 143 Å². The van der Waals surface area contributed by atoms with Crippen LogP contribution < -0.4 is 0 Å². The van der Waals surface area contributed by atoms with Crippen LogP contribution in [0.4, 0.5) is 11.4 Å². The van der Waals surface area contributed by atoms with E-state index < -0.39 is 0 Å². The van der Waals surface area contributed by atoms with E-state index in [2.05, 4.69) is 60.7 Å². The highest BCUT2D eigenvalue weighted by molar-refractivity contribution is 6.20. The molecule has 6 heteroatoms. The maximum absolute atomic E-state index is 5.19. The molecule has 11 rings (SSSR count). The van der Waals surface area contributed by atoms with Crippen LogP contribution in [0.15, 0.2) is 120 Å². The molecule has 0 unspecified atom stereocenters. The first-order valence-corrected chi connectivity index (χ1v) is 16.0. The van der Waals surface area contributed by atoms with Crippen LogP contribution in [0.5, 0.6) is 0 Å². The third kappa shape index (κ3) is 3.49. The van der Waals surface area contributed by atoms with Gasteiger partial charge in [-0.2, -0.15) is 0 Å². The van der Waals surface area contributed by atoms with Gasteiger partial charge in [-0.15, -0.1) is 0 Å². The molecule has 0 spiro atoms. The zero-order valence-electron chi connectivity index (χ0n) is 25.2. The van der Waals surface area contributed by atoms with Crippen LogP contribution in [0, 0.1) is 0 Å². The minimum Gasteiger partial charge on any atom is -0.256 e. The summed E-state index contributed by atoms with van der Waals surface area (Å²) in [5, 5.41) is 4.47. The predicted octanol–water partition coefficient (Wildman–Crippen LogP) is 8.80. The number of fused-ring (bicyclic) bond motifs is 15. The Balaban J connectivity index is 0.950. The first-order chi connectivity index (χ1) is 23.3. The number of rotatable bonds is 2. The summed E-state index contributed by atoms with van der Waals surface area (Å²) in [6, 6.07) is 30.2. The summed E-state index contributed by atoms with van der Waals surface area (Å²) in [7, 11) is 0. The Labute approximate surface area is 269 Å². The van der Waals surface area contributed by atoms with Gasteiger partial charge in [0.2, 0.25) is 0 Å². The summed E-state index contributed by atoms with van der Waals surface area (Å²) in [4.78, 5) is 29.4. The van der Waals surface area contributed by atoms with Gasteiger partial charge in [-0.05, 0) is 76.2 Å². The lowest BCUT2D eigenvalue weighted by molar-refractivity contribution is 1.25. The molecule has 0 saturated heterocycles. The van der Waals surface area contributed by atoms with Crippen LogP contribution in [0.3, 0.4) is 0 Å². The third-order valence-electron chi connectivity index (χ3n) is 10.1. The minimum absolute atomic E-state index is 0.749. The molecule has 4 aromatic carbocycles. The molecule has 0 radical (unpaired) electrons. The summed E-state index contributed by atoms with van der Waals surface area (Å²) >= 11 is 0. The van der Waals surface area contributed by atoms with Crippen molar-refractivity contribution in [1.82, 2.24) is 19.9 Å². The standard InChI is InChI=1S/C41H24N6/c1-5-28-30-7-3-15-44-38(30)40-32(36(28)42-13-1)20-34(46-40)22-9-11-26-24(17-22)19-25-18-23(10-12-27(25)26)35-21-33-37-29(6-2-14-43-37)31-8-4-16-45-39(31)41(33)47-35/h1-18H,19-21H2. The van der Waals surface area contributed by atoms with E-state index in [0.29, 0.717) is 0 Å². The van der Waals surface area contributed by atoms with E-state index in [4.69, 9.17) is 29.9 Å². The van der Waals surface area contributed by atoms with Crippen molar-refractivity contribution in [1.29, 1.82) is 0 Å². The van der Waals surface area contributed by atoms with Gasteiger partial charge in [0.25, 0.3) is 0 Å². The number of benzene rings is 4. The smallest absolute Gasteiger partial charge is 0.0969 e. The fraction of sp³-hybridized carbons (Fsp3) is 0.0732. The van der Waals surface area contributed by atoms with Crippen molar-refractivity contribution >= 4 is 66.4 Å². The lowest BCUT2D eigenvalue weighted by atomic mass is 9.96. The predicted molar refractivity (Wildman–Crippen MR) is 189 cm³/mol. The van der Waals surface area contributed by atoms with Crippen LogP contribution >= 0.6 is 0 Å². The number of nitrogens with zero attached hydrogens (tertiary/aromatic N) is 6. The number of hydrogen-bond acceptors (Lipinski definition) is 6. The fourth-order valence-corrected chi connectivity index (χ4v) is 8.02. The first kappa shape index (κ1) is 25.1. The van der Waals surface area contributed by atoms with E-state index in [-0.39, 0.29) is 0 Å². The zero-order valence-corrected chi connectivity index (χ0v) is 25.2. The maximum atomic E-state index is 5.19. The normalized spacial score (nSPS) is 14.4. The molecule has 47 heavy (non-hydrogen) atoms. The molecule has 3 aliphatic rings. The molecule has 0 saturated carbocycles. The van der Waals surface area contributed by atoms with E-state index in [9.17, 15) is 0 Å². The molecule has 0 fully saturated rings. The summed E-state index contributed by atoms with van der Waals surface area (Å²) < 4.78 is 0. The molecule has 0 N–H and O–H groups in total. The summed E-state index contributed by atoms with van der Waals surface area (Å²) in [5.74, 6) is 0. The highest BCUT2D eigenvalue weighted by atomic mass is 14.9. The minimum atomic E-state index is 0.749. The fourth-order valence-electron chi connectivity index (χ4n) is 8.02. The average molecular weight is 601 g/mol. The van der Waals surface area contributed by atoms with Crippen molar-refractivity contribution in [3.63, 3.8) is 0 Å². The Morgan fingerprint density at radius 3 is 1.26 bits per heavy atom. The topological polar surface area (TPSA) is 76.3 Å². The van der Waals surface area contributed by atoms with Crippen molar-refractivity contribution in [3.8, 4) is 11.1 Å². The molecule has 0 bridgehead atoms. The molecule has 4 aromatic heterocycles. The average Bonchev–Trinajstić information content (AvgIpc) is 3.87. The molecule has 6 nitrogen and oxygen atoms in total. The van der Waals surface area contributed by atoms with Crippen LogP contribution in [-0.2, 0) is 19.3 Å². The van der Waals surface area contributed by atoms with E-state index in [1.165, 1.54) is 33.4 Å². The summed E-state index contributed by atoms with van der Waals surface area (Å²) in [5.41, 5.74) is 17.9. The van der Waals surface area contributed by atoms with E-state index >= 15 is 0 Å². The molecule has 8 aromatic rings. The number of hydrogen-bond donors (Lipinski definition) is 0. The summed E-state index contributed by atoms with van der Waals surface area (Å²) in [6.45, 7) is 0. The van der Waals surface area contributed by atoms with Gasteiger partial charge in [-0.3, -0.25) is 19.9 Å². The maximum Gasteiger partial charge on any atom is 0.0969 e. The van der Waals surface area contributed by atoms with Crippen molar-refractivity contribution in [2.75, 3.05) is 0 Å². The Hall–Kier alpha value is -6.14. The first-order valence-electron chi connectivity index (χ1n) is 16.0. The van der Waals surface area contributed by atoms with Gasteiger partial charge in [0, 0.05) is 70.3 Å². The quantitative estimate of drug-likeness (QED) is 0.186. The second-order valence-corrected chi connectivity index (χ2v) is 12.6. The van der Waals surface area contributed by atoms with E-state index in [1.54, 1.807) is 0 Å². The molecule has 218 valence electrons. The van der Waals surface area contributed by atoms with Gasteiger partial charge in [0.05, 0.1) is 44.9 Å². The second-order valence-electron chi connectivity index (χ2n) is 12.6. The van der Waals surface area contributed by atoms with Gasteiger partial charge >= 0.3 is 0 Å². The van der Waals surface area contributed by atoms with E-state index in [0.717, 1.165) is 96.8 Å². The van der Waals surface area contributed by atoms with E-state index in [1.807, 2.05) is 49.1 Å². The lowest BCUT2D eigenvalue weighted by Crippen LogP contribution is -2.02. The van der Waals surface area contributed by atoms with Gasteiger partial charge in [0.1, 0.15) is 0 Å². The second kappa shape index (κ2) is 9.21. The Morgan fingerprint density at radius 2 is 0.809 bits per heavy atom. The largest absolute Gasteiger partial charge is 0.256 e. The molecule has 6 heterocycles. The van der Waals surface area contributed by atoms with Crippen LogP contribution in [0.2, 0.25) is 0 Å². The van der Waals surface area contributed by atoms with Gasteiger partial charge in [-0.1, -0.05) is 48.5 Å². The highest BCUT2D eigenvalue weighted by Crippen LogP contribution is 2.44. The van der Waals surface area contributed by atoms with Gasteiger partial charge in [-0.25, -0.2) is 9.98 Å². The number of aliphatic imine (C=N–C) groups is 2. The summed E-state index contributed by atoms with van der Waals surface area (Å²) in [6.07, 6.45) is 9.84. The lowest BCUT2D eigenvalue weighted by Gasteiger charge is -2.08. The molecule has 2 aliphatic heterocycles. The SMILES string of the molecule is c1cnc2c3c(c4ncccc4c2c1)N=C(c1ccc2c(c1)Cc1cc(C4=Nc5c(c6ncccc6c6cccnc56)C4)ccc1-2)C3. The molecular formula is C41H24N6. The van der Waals surface area contributed by atoms with Gasteiger partial charge < -0.3 is 0 Å². The molecule has 0 amide bonds. The third-order valence-corrected chi connectivity index (χ3v) is 10.1. The molecule has 0 atom stereocenters. The Kier molecular flexibility index (Phi) is 4.92. The van der Waals surface area contributed by atoms with Crippen LogP contribution in [0.1, 0.15) is 33.4 Å². The van der Waals surface area contributed by atoms with Crippen LogP contribution in [-0.4, -0.2) is 31.4 Å². The highest BCUT2D eigenvalue weighted by Gasteiger charge is 2.28. The van der Waals surface area contributed by atoms with Gasteiger partial charge in [0.15, 0.2) is 0 Å². The van der Waals surface area contributed by atoms with Crippen molar-refractivity contribution < 1.29 is 0 Å². The number of aromatic nitrogens is 4. The Bertz CT molecular complexity index is 2590. The molecular weight excluding hydrogens is 576 g/mol. The zero-order chi connectivity index (χ0) is 30.6. The molecule has 1 aliphatic carbocycles. The van der Waals surface area contributed by atoms with Crippen molar-refractivity contribution in [2.24, 2.45) is 9.98 Å². The number of pyridine rings is 4. The van der Waals surface area contributed by atoms with Crippen molar-refractivity contribution in [2.45, 2.75) is 19.3 Å². The monoisotopic (exact) mass is 600 g/mol. The Morgan fingerprint density at radius 1 is 0.404 bits per heavy atom.